The number of nitrogens with zero attached hydrogens (tertiary/aromatic N) is 4. The van der Waals surface area contributed by atoms with E-state index in [0.717, 1.165) is 55.2 Å². The second-order valence-corrected chi connectivity index (χ2v) is 15.1. The maximum atomic E-state index is 5.30. The van der Waals surface area contributed by atoms with E-state index in [9.17, 15) is 0 Å². The highest BCUT2D eigenvalue weighted by atomic mass is 32.1. The average Bonchev–Trinajstić information content (AvgIpc) is 3.83. The van der Waals surface area contributed by atoms with Gasteiger partial charge >= 0.3 is 0 Å². The number of fused-ring (bicyclic) bond motifs is 6. The molecule has 0 amide bonds. The van der Waals surface area contributed by atoms with Gasteiger partial charge in [-0.2, -0.15) is 9.97 Å². The quantitative estimate of drug-likeness (QED) is 0.171. The minimum Gasteiger partial charge on any atom is -0.278 e. The van der Waals surface area contributed by atoms with E-state index in [2.05, 4.69) is 187 Å². The Labute approximate surface area is 327 Å². The van der Waals surface area contributed by atoms with Crippen molar-refractivity contribution in [1.29, 1.82) is 0 Å². The molecule has 4 nitrogen and oxygen atoms in total. The first-order valence-corrected chi connectivity index (χ1v) is 19.6. The number of thiophene rings is 1. The minimum absolute atomic E-state index is 0.575. The molecule has 11 rings (SSSR count). The molecule has 0 bridgehead atoms. The third kappa shape index (κ3) is 5.48. The van der Waals surface area contributed by atoms with Crippen molar-refractivity contribution in [2.45, 2.75) is 0 Å². The molecule has 0 atom stereocenters. The maximum Gasteiger partial charge on any atom is 0.238 e. The summed E-state index contributed by atoms with van der Waals surface area (Å²) >= 11 is 1.85. The summed E-state index contributed by atoms with van der Waals surface area (Å²) in [5, 5.41) is 4.88. The van der Waals surface area contributed by atoms with Crippen molar-refractivity contribution in [3.63, 3.8) is 0 Å². The molecule has 56 heavy (non-hydrogen) atoms. The van der Waals surface area contributed by atoms with Crippen LogP contribution in [0.15, 0.2) is 194 Å². The molecule has 0 fully saturated rings. The number of rotatable bonds is 6. The van der Waals surface area contributed by atoms with E-state index < -0.39 is 0 Å². The van der Waals surface area contributed by atoms with Crippen molar-refractivity contribution in [3.05, 3.63) is 194 Å². The van der Waals surface area contributed by atoms with Gasteiger partial charge in [-0.1, -0.05) is 170 Å². The number of para-hydroxylation sites is 1. The molecule has 3 aromatic heterocycles. The van der Waals surface area contributed by atoms with Crippen molar-refractivity contribution >= 4 is 53.3 Å². The highest BCUT2D eigenvalue weighted by Gasteiger charge is 2.20. The molecule has 0 unspecified atom stereocenters. The monoisotopic (exact) mass is 732 g/mol. The SMILES string of the molecule is c1ccc(-c2ccc(-c3nc(-c4cccc(-c5ccccc5)c4)nc(-n4c5ccccc5c5ccc(-c6cccc7c6sc6ccccc67)cc54)n3)cc2)cc1. The highest BCUT2D eigenvalue weighted by Crippen LogP contribution is 2.42. The molecular weight excluding hydrogens is 701 g/mol. The van der Waals surface area contributed by atoms with Gasteiger partial charge in [0, 0.05) is 42.1 Å². The van der Waals surface area contributed by atoms with Crippen LogP contribution in [0.4, 0.5) is 0 Å². The zero-order valence-electron chi connectivity index (χ0n) is 30.2. The van der Waals surface area contributed by atoms with Gasteiger partial charge in [-0.05, 0) is 57.6 Å². The summed E-state index contributed by atoms with van der Waals surface area (Å²) in [6.45, 7) is 0. The lowest BCUT2D eigenvalue weighted by Crippen LogP contribution is -2.06. The van der Waals surface area contributed by atoms with Crippen LogP contribution < -0.4 is 0 Å². The Morgan fingerprint density at radius 1 is 0.339 bits per heavy atom. The van der Waals surface area contributed by atoms with Crippen LogP contribution in [0, 0.1) is 0 Å². The van der Waals surface area contributed by atoms with Gasteiger partial charge in [-0.3, -0.25) is 4.57 Å². The standard InChI is InChI=1S/C51H32N4S/c1-3-13-33(14-4-1)35-25-27-36(28-26-35)49-52-50(39-18-11-17-37(31-39)34-15-5-2-6-16-34)54-51(53-49)55-45-23-9-7-19-41(45)42-30-29-38(32-46(42)55)40-21-12-22-44-43-20-8-10-24-47(43)56-48(40)44/h1-32H. The third-order valence-electron chi connectivity index (χ3n) is 10.7. The van der Waals surface area contributed by atoms with Gasteiger partial charge in [0.2, 0.25) is 5.95 Å². The van der Waals surface area contributed by atoms with Crippen LogP contribution in [0.3, 0.4) is 0 Å². The van der Waals surface area contributed by atoms with Crippen LogP contribution in [0.1, 0.15) is 0 Å². The average molecular weight is 733 g/mol. The third-order valence-corrected chi connectivity index (χ3v) is 11.9. The summed E-state index contributed by atoms with van der Waals surface area (Å²) < 4.78 is 4.80. The minimum atomic E-state index is 0.575. The van der Waals surface area contributed by atoms with E-state index in [4.69, 9.17) is 15.0 Å². The maximum absolute atomic E-state index is 5.30. The van der Waals surface area contributed by atoms with Crippen LogP contribution in [0.5, 0.6) is 0 Å². The van der Waals surface area contributed by atoms with E-state index >= 15 is 0 Å². The Morgan fingerprint density at radius 2 is 0.893 bits per heavy atom. The summed E-state index contributed by atoms with van der Waals surface area (Å²) in [7, 11) is 0. The number of hydrogen-bond acceptors (Lipinski definition) is 4. The Hall–Kier alpha value is -7.21. The van der Waals surface area contributed by atoms with Gasteiger partial charge in [0.05, 0.1) is 11.0 Å². The van der Waals surface area contributed by atoms with Crippen molar-refractivity contribution in [2.24, 2.45) is 0 Å². The predicted octanol–water partition coefficient (Wildman–Crippen LogP) is 13.7. The van der Waals surface area contributed by atoms with Crippen LogP contribution in [-0.4, -0.2) is 19.5 Å². The van der Waals surface area contributed by atoms with Crippen molar-refractivity contribution < 1.29 is 0 Å². The fraction of sp³-hybridized carbons (Fsp3) is 0. The number of aromatic nitrogens is 4. The summed E-state index contributed by atoms with van der Waals surface area (Å²) in [5.74, 6) is 1.81. The van der Waals surface area contributed by atoms with Gasteiger partial charge < -0.3 is 0 Å². The van der Waals surface area contributed by atoms with Crippen LogP contribution >= 0.6 is 11.3 Å². The van der Waals surface area contributed by atoms with Gasteiger partial charge in [0.15, 0.2) is 11.6 Å². The molecule has 0 saturated heterocycles. The molecule has 0 aliphatic rings. The lowest BCUT2D eigenvalue weighted by molar-refractivity contribution is 0.953. The molecular formula is C51H32N4S. The molecule has 0 N–H and O–H groups in total. The van der Waals surface area contributed by atoms with Gasteiger partial charge in [0.1, 0.15) is 0 Å². The van der Waals surface area contributed by atoms with Crippen molar-refractivity contribution in [3.8, 4) is 62.1 Å². The summed E-state index contributed by atoms with van der Waals surface area (Å²) in [4.78, 5) is 15.7. The van der Waals surface area contributed by atoms with E-state index in [1.807, 2.05) is 23.5 Å². The van der Waals surface area contributed by atoms with Crippen LogP contribution in [0.2, 0.25) is 0 Å². The molecule has 11 aromatic rings. The summed E-state index contributed by atoms with van der Waals surface area (Å²) in [5.41, 5.74) is 10.9. The van der Waals surface area contributed by atoms with E-state index in [0.29, 0.717) is 17.6 Å². The first kappa shape index (κ1) is 32.2. The molecule has 5 heteroatoms. The zero-order valence-corrected chi connectivity index (χ0v) is 31.0. The Bertz CT molecular complexity index is 3240. The lowest BCUT2D eigenvalue weighted by atomic mass is 10.0. The Balaban J connectivity index is 1.13. The molecule has 0 aliphatic carbocycles. The van der Waals surface area contributed by atoms with Gasteiger partial charge in [0.25, 0.3) is 0 Å². The van der Waals surface area contributed by atoms with E-state index in [-0.39, 0.29) is 0 Å². The fourth-order valence-electron chi connectivity index (χ4n) is 7.96. The smallest absolute Gasteiger partial charge is 0.238 e. The van der Waals surface area contributed by atoms with Crippen molar-refractivity contribution in [1.82, 2.24) is 19.5 Å². The Kier molecular flexibility index (Phi) is 7.64. The first-order valence-electron chi connectivity index (χ1n) is 18.8. The molecule has 3 heterocycles. The fourth-order valence-corrected chi connectivity index (χ4v) is 9.20. The molecule has 0 radical (unpaired) electrons. The zero-order chi connectivity index (χ0) is 37.0. The number of hydrogen-bond donors (Lipinski definition) is 0. The molecule has 8 aromatic carbocycles. The molecule has 0 aliphatic heterocycles. The molecule has 262 valence electrons. The summed E-state index contributed by atoms with van der Waals surface area (Å²) in [6.07, 6.45) is 0. The van der Waals surface area contributed by atoms with E-state index in [1.165, 1.54) is 31.3 Å². The predicted molar refractivity (Wildman–Crippen MR) is 234 cm³/mol. The normalized spacial score (nSPS) is 11.6. The van der Waals surface area contributed by atoms with Crippen LogP contribution in [-0.2, 0) is 0 Å². The number of benzene rings is 8. The molecule has 0 spiro atoms. The topological polar surface area (TPSA) is 43.6 Å². The van der Waals surface area contributed by atoms with Gasteiger partial charge in [-0.15, -0.1) is 11.3 Å². The highest BCUT2D eigenvalue weighted by molar-refractivity contribution is 7.26. The first-order chi connectivity index (χ1) is 27.7. The largest absolute Gasteiger partial charge is 0.278 e. The van der Waals surface area contributed by atoms with Gasteiger partial charge in [-0.25, -0.2) is 4.98 Å². The lowest BCUT2D eigenvalue weighted by Gasteiger charge is -2.12. The van der Waals surface area contributed by atoms with Crippen LogP contribution in [0.25, 0.3) is 104 Å². The van der Waals surface area contributed by atoms with E-state index in [1.54, 1.807) is 0 Å². The van der Waals surface area contributed by atoms with Crippen molar-refractivity contribution in [2.75, 3.05) is 0 Å². The second-order valence-electron chi connectivity index (χ2n) is 14.0. The summed E-state index contributed by atoms with van der Waals surface area (Å²) in [6, 6.07) is 68.6. The molecule has 0 saturated carbocycles. The Morgan fingerprint density at radius 3 is 1.70 bits per heavy atom. The second kappa shape index (κ2) is 13.3.